The van der Waals surface area contributed by atoms with Gasteiger partial charge in [-0.25, -0.2) is 4.79 Å². The summed E-state index contributed by atoms with van der Waals surface area (Å²) in [5.41, 5.74) is 0. The molecule has 4 nitrogen and oxygen atoms in total. The van der Waals surface area contributed by atoms with E-state index in [-0.39, 0.29) is 18.3 Å². The van der Waals surface area contributed by atoms with E-state index in [4.69, 9.17) is 9.47 Å². The SMILES string of the molecule is CCCOC1CN(C(=O)OC2CCCCC2)C1. The van der Waals surface area contributed by atoms with Crippen molar-refractivity contribution in [1.29, 1.82) is 0 Å². The molecule has 1 heterocycles. The van der Waals surface area contributed by atoms with E-state index in [0.717, 1.165) is 25.9 Å². The van der Waals surface area contributed by atoms with Crippen molar-refractivity contribution in [2.45, 2.75) is 57.7 Å². The molecule has 1 aliphatic heterocycles. The molecule has 1 aliphatic carbocycles. The maximum Gasteiger partial charge on any atom is 0.410 e. The largest absolute Gasteiger partial charge is 0.446 e. The number of hydrogen-bond acceptors (Lipinski definition) is 3. The number of nitrogens with zero attached hydrogens (tertiary/aromatic N) is 1. The van der Waals surface area contributed by atoms with Crippen molar-refractivity contribution in [1.82, 2.24) is 4.90 Å². The molecule has 0 unspecified atom stereocenters. The Morgan fingerprint density at radius 3 is 2.53 bits per heavy atom. The number of rotatable bonds is 4. The quantitative estimate of drug-likeness (QED) is 0.759. The van der Waals surface area contributed by atoms with Crippen molar-refractivity contribution >= 4 is 6.09 Å². The Hall–Kier alpha value is -0.770. The van der Waals surface area contributed by atoms with Gasteiger partial charge in [-0.1, -0.05) is 13.3 Å². The lowest BCUT2D eigenvalue weighted by Gasteiger charge is -2.39. The minimum atomic E-state index is -0.145. The van der Waals surface area contributed by atoms with Crippen LogP contribution < -0.4 is 0 Å². The van der Waals surface area contributed by atoms with Gasteiger partial charge in [-0.3, -0.25) is 0 Å². The van der Waals surface area contributed by atoms with Crippen molar-refractivity contribution in [2.24, 2.45) is 0 Å². The third kappa shape index (κ3) is 3.60. The number of amides is 1. The van der Waals surface area contributed by atoms with E-state index in [0.29, 0.717) is 13.1 Å². The molecule has 98 valence electrons. The number of likely N-dealkylation sites (tertiary alicyclic amines) is 1. The first-order valence-electron chi connectivity index (χ1n) is 6.86. The minimum absolute atomic E-state index is 0.145. The Labute approximate surface area is 103 Å². The summed E-state index contributed by atoms with van der Waals surface area (Å²) in [4.78, 5) is 13.5. The smallest absolute Gasteiger partial charge is 0.410 e. The monoisotopic (exact) mass is 241 g/mol. The fraction of sp³-hybridized carbons (Fsp3) is 0.923. The van der Waals surface area contributed by atoms with Crippen LogP contribution >= 0.6 is 0 Å². The van der Waals surface area contributed by atoms with Gasteiger partial charge >= 0.3 is 6.09 Å². The van der Waals surface area contributed by atoms with Crippen LogP contribution in [0.4, 0.5) is 4.79 Å². The zero-order valence-corrected chi connectivity index (χ0v) is 10.7. The van der Waals surface area contributed by atoms with Crippen LogP contribution in [0.1, 0.15) is 45.4 Å². The Morgan fingerprint density at radius 1 is 1.18 bits per heavy atom. The van der Waals surface area contributed by atoms with E-state index in [2.05, 4.69) is 6.92 Å². The zero-order chi connectivity index (χ0) is 12.1. The second kappa shape index (κ2) is 6.24. The van der Waals surface area contributed by atoms with Crippen LogP contribution in [-0.4, -0.2) is 42.9 Å². The van der Waals surface area contributed by atoms with Crippen LogP contribution in [0.15, 0.2) is 0 Å². The first-order chi connectivity index (χ1) is 8.29. The Balaban J connectivity index is 1.61. The van der Waals surface area contributed by atoms with Gasteiger partial charge in [0.25, 0.3) is 0 Å². The van der Waals surface area contributed by atoms with Gasteiger partial charge in [0, 0.05) is 6.61 Å². The van der Waals surface area contributed by atoms with Gasteiger partial charge in [0.2, 0.25) is 0 Å². The first kappa shape index (κ1) is 12.7. The lowest BCUT2D eigenvalue weighted by molar-refractivity contribution is -0.0573. The summed E-state index contributed by atoms with van der Waals surface area (Å²) in [6, 6.07) is 0. The van der Waals surface area contributed by atoms with Crippen molar-refractivity contribution < 1.29 is 14.3 Å². The molecule has 1 saturated heterocycles. The standard InChI is InChI=1S/C13H23NO3/c1-2-8-16-12-9-14(10-12)13(15)17-11-6-4-3-5-7-11/h11-12H,2-10H2,1H3. The number of ether oxygens (including phenoxy) is 2. The first-order valence-corrected chi connectivity index (χ1v) is 6.86. The van der Waals surface area contributed by atoms with Gasteiger partial charge in [0.1, 0.15) is 6.10 Å². The van der Waals surface area contributed by atoms with Crippen molar-refractivity contribution in [2.75, 3.05) is 19.7 Å². The topological polar surface area (TPSA) is 38.8 Å². The summed E-state index contributed by atoms with van der Waals surface area (Å²) in [6.07, 6.45) is 7.02. The predicted molar refractivity (Wildman–Crippen MR) is 65.0 cm³/mol. The number of carbonyl (C=O) groups is 1. The second-order valence-corrected chi connectivity index (χ2v) is 5.04. The van der Waals surface area contributed by atoms with Gasteiger partial charge in [-0.05, 0) is 32.1 Å². The maximum absolute atomic E-state index is 11.8. The molecule has 0 N–H and O–H groups in total. The average molecular weight is 241 g/mol. The molecule has 0 bridgehead atoms. The molecule has 17 heavy (non-hydrogen) atoms. The molecular weight excluding hydrogens is 218 g/mol. The molecule has 1 saturated carbocycles. The van der Waals surface area contributed by atoms with E-state index < -0.39 is 0 Å². The van der Waals surface area contributed by atoms with Crippen LogP contribution in [0.25, 0.3) is 0 Å². The number of carbonyl (C=O) groups excluding carboxylic acids is 1. The highest BCUT2D eigenvalue weighted by Crippen LogP contribution is 2.22. The van der Waals surface area contributed by atoms with Crippen molar-refractivity contribution in [3.05, 3.63) is 0 Å². The van der Waals surface area contributed by atoms with Crippen LogP contribution in [-0.2, 0) is 9.47 Å². The van der Waals surface area contributed by atoms with Gasteiger partial charge < -0.3 is 14.4 Å². The van der Waals surface area contributed by atoms with E-state index in [1.807, 2.05) is 0 Å². The highest BCUT2D eigenvalue weighted by Gasteiger charge is 2.33. The normalized spacial score (nSPS) is 22.3. The Kier molecular flexibility index (Phi) is 4.66. The third-order valence-electron chi connectivity index (χ3n) is 3.48. The lowest BCUT2D eigenvalue weighted by atomic mass is 9.98. The molecule has 0 aromatic heterocycles. The second-order valence-electron chi connectivity index (χ2n) is 5.04. The van der Waals surface area contributed by atoms with Gasteiger partial charge in [0.15, 0.2) is 0 Å². The average Bonchev–Trinajstić information content (AvgIpc) is 2.28. The minimum Gasteiger partial charge on any atom is -0.446 e. The summed E-state index contributed by atoms with van der Waals surface area (Å²) in [5, 5.41) is 0. The fourth-order valence-corrected chi connectivity index (χ4v) is 2.38. The van der Waals surface area contributed by atoms with Crippen LogP contribution in [0.2, 0.25) is 0 Å². The van der Waals surface area contributed by atoms with Crippen molar-refractivity contribution in [3.8, 4) is 0 Å². The molecule has 2 fully saturated rings. The van der Waals surface area contributed by atoms with Crippen LogP contribution in [0, 0.1) is 0 Å². The molecule has 4 heteroatoms. The third-order valence-corrected chi connectivity index (χ3v) is 3.48. The summed E-state index contributed by atoms with van der Waals surface area (Å²) in [6.45, 7) is 4.28. The Bertz CT molecular complexity index is 245. The van der Waals surface area contributed by atoms with Crippen LogP contribution in [0.5, 0.6) is 0 Å². The molecule has 0 aromatic rings. The van der Waals surface area contributed by atoms with E-state index >= 15 is 0 Å². The highest BCUT2D eigenvalue weighted by atomic mass is 16.6. The van der Waals surface area contributed by atoms with Gasteiger partial charge in [0.05, 0.1) is 19.2 Å². The molecule has 2 rings (SSSR count). The summed E-state index contributed by atoms with van der Waals surface area (Å²) >= 11 is 0. The molecule has 0 atom stereocenters. The molecule has 1 amide bonds. The summed E-state index contributed by atoms with van der Waals surface area (Å²) in [7, 11) is 0. The van der Waals surface area contributed by atoms with Gasteiger partial charge in [-0.2, -0.15) is 0 Å². The van der Waals surface area contributed by atoms with E-state index in [1.54, 1.807) is 4.90 Å². The predicted octanol–water partition coefficient (Wildman–Crippen LogP) is 2.57. The fourth-order valence-electron chi connectivity index (χ4n) is 2.38. The zero-order valence-electron chi connectivity index (χ0n) is 10.7. The summed E-state index contributed by atoms with van der Waals surface area (Å²) < 4.78 is 11.0. The number of hydrogen-bond donors (Lipinski definition) is 0. The Morgan fingerprint density at radius 2 is 1.88 bits per heavy atom. The molecule has 2 aliphatic rings. The lowest BCUT2D eigenvalue weighted by Crippen LogP contribution is -2.55. The molecule has 0 spiro atoms. The van der Waals surface area contributed by atoms with Crippen LogP contribution in [0.3, 0.4) is 0 Å². The van der Waals surface area contributed by atoms with Crippen molar-refractivity contribution in [3.63, 3.8) is 0 Å². The maximum atomic E-state index is 11.8. The highest BCUT2D eigenvalue weighted by molar-refractivity contribution is 5.69. The molecule has 0 aromatic carbocycles. The van der Waals surface area contributed by atoms with Gasteiger partial charge in [-0.15, -0.1) is 0 Å². The molecule has 0 radical (unpaired) electrons. The summed E-state index contributed by atoms with van der Waals surface area (Å²) in [5.74, 6) is 0. The molecular formula is C13H23NO3. The van der Waals surface area contributed by atoms with E-state index in [1.165, 1.54) is 19.3 Å². The van der Waals surface area contributed by atoms with E-state index in [9.17, 15) is 4.79 Å².